The molecule has 1 radical (unpaired) electrons. The van der Waals surface area contributed by atoms with Crippen molar-refractivity contribution in [1.82, 2.24) is 0 Å². The molecule has 0 fully saturated rings. The zero-order chi connectivity index (χ0) is 43.8. The molecule has 1 aromatic heterocycles. The first-order valence-corrected chi connectivity index (χ1v) is 22.2. The van der Waals surface area contributed by atoms with Gasteiger partial charge in [-0.05, 0) is 142 Å². The van der Waals surface area contributed by atoms with Gasteiger partial charge in [-0.2, -0.15) is 0 Å². The third-order valence-electron chi connectivity index (χ3n) is 12.9. The van der Waals surface area contributed by atoms with Gasteiger partial charge in [-0.3, -0.25) is 0 Å². The van der Waals surface area contributed by atoms with E-state index in [9.17, 15) is 0 Å². The summed E-state index contributed by atoms with van der Waals surface area (Å²) in [6.07, 6.45) is 0. The molecule has 63 heavy (non-hydrogen) atoms. The highest BCUT2D eigenvalue weighted by Crippen LogP contribution is 2.47. The van der Waals surface area contributed by atoms with Crippen LogP contribution in [0.1, 0.15) is 69.4 Å². The van der Waals surface area contributed by atoms with Crippen molar-refractivity contribution in [3.05, 3.63) is 186 Å². The normalized spacial score (nSPS) is 12.6. The van der Waals surface area contributed by atoms with Gasteiger partial charge in [-0.25, -0.2) is 0 Å². The van der Waals surface area contributed by atoms with Crippen molar-refractivity contribution in [2.24, 2.45) is 0 Å². The lowest BCUT2D eigenvalue weighted by Gasteiger charge is -2.37. The van der Waals surface area contributed by atoms with Crippen molar-refractivity contribution < 1.29 is 4.42 Å². The molecule has 1 N–H and O–H groups in total. The van der Waals surface area contributed by atoms with E-state index < -0.39 is 0 Å². The summed E-state index contributed by atoms with van der Waals surface area (Å²) >= 11 is 0. The third kappa shape index (κ3) is 7.32. The quantitative estimate of drug-likeness (QED) is 0.169. The van der Waals surface area contributed by atoms with Crippen molar-refractivity contribution >= 4 is 68.6 Å². The second-order valence-corrected chi connectivity index (χ2v) is 19.6. The lowest BCUT2D eigenvalue weighted by molar-refractivity contribution is 0.590. The van der Waals surface area contributed by atoms with Crippen LogP contribution in [0.5, 0.6) is 0 Å². The average molecular weight is 818 g/mol. The van der Waals surface area contributed by atoms with Crippen LogP contribution < -0.4 is 21.1 Å². The van der Waals surface area contributed by atoms with Crippen LogP contribution in [-0.4, -0.2) is 7.28 Å². The molecule has 4 heteroatoms. The van der Waals surface area contributed by atoms with Crippen LogP contribution in [0.4, 0.5) is 28.4 Å². The molecule has 0 aliphatic carbocycles. The van der Waals surface area contributed by atoms with Crippen molar-refractivity contribution in [3.8, 4) is 33.4 Å². The van der Waals surface area contributed by atoms with Gasteiger partial charge < -0.3 is 14.6 Å². The zero-order valence-corrected chi connectivity index (χ0v) is 37.9. The number of hydrogen-bond donors (Lipinski definition) is 1. The number of nitrogens with zero attached hydrogens (tertiary/aromatic N) is 1. The summed E-state index contributed by atoms with van der Waals surface area (Å²) in [6, 6.07) is 58.1. The molecule has 309 valence electrons. The molecule has 0 bridgehead atoms. The molecule has 0 unspecified atom stereocenters. The van der Waals surface area contributed by atoms with Crippen molar-refractivity contribution in [3.63, 3.8) is 0 Å². The number of para-hydroxylation sites is 2. The second-order valence-electron chi connectivity index (χ2n) is 19.6. The van der Waals surface area contributed by atoms with Crippen LogP contribution in [0.15, 0.2) is 162 Å². The first-order valence-electron chi connectivity index (χ1n) is 22.2. The summed E-state index contributed by atoms with van der Waals surface area (Å²) in [6.45, 7) is 20.4. The summed E-state index contributed by atoms with van der Waals surface area (Å²) in [5.74, 6) is 0. The molecule has 0 spiro atoms. The average Bonchev–Trinajstić information content (AvgIpc) is 3.61. The minimum Gasteiger partial charge on any atom is -0.456 e. The Morgan fingerprint density at radius 2 is 1.16 bits per heavy atom. The second kappa shape index (κ2) is 15.2. The Bertz CT molecular complexity index is 3190. The van der Waals surface area contributed by atoms with E-state index in [2.05, 4.69) is 238 Å². The van der Waals surface area contributed by atoms with Gasteiger partial charge in [0, 0.05) is 44.6 Å². The van der Waals surface area contributed by atoms with Crippen LogP contribution >= 0.6 is 0 Å². The van der Waals surface area contributed by atoms with Crippen molar-refractivity contribution in [2.45, 2.75) is 73.1 Å². The topological polar surface area (TPSA) is 28.4 Å². The number of aryl methyl sites for hydroxylation is 3. The van der Waals surface area contributed by atoms with Gasteiger partial charge in [0.25, 0.3) is 0 Å². The van der Waals surface area contributed by atoms with Gasteiger partial charge in [-0.15, -0.1) is 0 Å². The van der Waals surface area contributed by atoms with E-state index in [0.29, 0.717) is 0 Å². The van der Waals surface area contributed by atoms with Gasteiger partial charge >= 0.3 is 0 Å². The lowest BCUT2D eigenvalue weighted by Crippen LogP contribution is -2.41. The fourth-order valence-electron chi connectivity index (χ4n) is 9.69. The highest BCUT2D eigenvalue weighted by molar-refractivity contribution is 6.73. The zero-order valence-electron chi connectivity index (χ0n) is 37.9. The molecule has 9 aromatic rings. The van der Waals surface area contributed by atoms with Gasteiger partial charge in [0.15, 0.2) is 7.28 Å². The van der Waals surface area contributed by atoms with Crippen molar-refractivity contribution in [1.29, 1.82) is 0 Å². The number of fused-ring (bicyclic) bond motifs is 5. The largest absolute Gasteiger partial charge is 0.456 e. The monoisotopic (exact) mass is 817 g/mol. The molecule has 0 saturated carbocycles. The number of rotatable bonds is 6. The molecule has 10 rings (SSSR count). The van der Waals surface area contributed by atoms with Gasteiger partial charge in [0.1, 0.15) is 11.2 Å². The Morgan fingerprint density at radius 3 is 1.89 bits per heavy atom. The first-order chi connectivity index (χ1) is 30.2. The smallest absolute Gasteiger partial charge is 0.198 e. The molecule has 1 aliphatic rings. The summed E-state index contributed by atoms with van der Waals surface area (Å²) in [5.41, 5.74) is 23.1. The Kier molecular flexibility index (Phi) is 9.75. The van der Waals surface area contributed by atoms with E-state index in [0.717, 1.165) is 72.4 Å². The van der Waals surface area contributed by atoms with E-state index in [1.54, 1.807) is 0 Å². The molecule has 0 atom stereocenters. The van der Waals surface area contributed by atoms with E-state index >= 15 is 0 Å². The van der Waals surface area contributed by atoms with Crippen molar-refractivity contribution in [2.75, 3.05) is 10.2 Å². The molecule has 8 aromatic carbocycles. The minimum absolute atomic E-state index is 0.0416. The van der Waals surface area contributed by atoms with Gasteiger partial charge in [0.05, 0.1) is 5.69 Å². The number of benzene rings is 8. The molecule has 2 heterocycles. The fraction of sp³-hybridized carbons (Fsp3) is 0.186. The fourth-order valence-corrected chi connectivity index (χ4v) is 9.69. The van der Waals surface area contributed by atoms with Gasteiger partial charge in [0.2, 0.25) is 0 Å². The Labute approximate surface area is 373 Å². The van der Waals surface area contributed by atoms with Gasteiger partial charge in [-0.1, -0.05) is 150 Å². The summed E-state index contributed by atoms with van der Waals surface area (Å²) in [4.78, 5) is 2.54. The minimum atomic E-state index is -0.0416. The summed E-state index contributed by atoms with van der Waals surface area (Å²) in [7, 11) is 2.39. The number of nitrogens with one attached hydrogen (secondary N) is 1. The highest BCUT2D eigenvalue weighted by Gasteiger charge is 2.32. The van der Waals surface area contributed by atoms with Crippen LogP contribution in [0, 0.1) is 20.8 Å². The highest BCUT2D eigenvalue weighted by atomic mass is 16.3. The molecule has 3 nitrogen and oxygen atoms in total. The predicted molar refractivity (Wildman–Crippen MR) is 271 cm³/mol. The Morgan fingerprint density at radius 1 is 0.492 bits per heavy atom. The van der Waals surface area contributed by atoms with E-state index in [1.165, 1.54) is 50.1 Å². The lowest BCUT2D eigenvalue weighted by atomic mass is 9.57. The molecular weight excluding hydrogens is 763 g/mol. The van der Waals surface area contributed by atoms with Crippen LogP contribution in [0.25, 0.3) is 55.3 Å². The standard InChI is InChI=1S/C59H54BN2O/c1-36-29-37(2)56(38(3)30-36)40-31-48(44-19-13-15-21-50(44)61-43-26-23-41(24-27-43)58(4,5)6)57-53(32-40)62(51-28-25-42(59(7,8)9)33-46(51)39-17-11-10-12-18-39)52-34-47-45-20-14-16-22-54(45)63-55(47)35-49(52)60-57/h10-35,61H,1-9H3. The van der Waals surface area contributed by atoms with Crippen LogP contribution in [0.2, 0.25) is 0 Å². The predicted octanol–water partition coefficient (Wildman–Crippen LogP) is 15.3. The Hall–Kier alpha value is -6.78. The SMILES string of the molecule is Cc1cc(C)c(-c2cc(-c3ccccc3Nc3ccc(C(C)(C)C)cc3)c3c(c2)N(c2ccc(C(C)(C)C)cc2-c2ccccc2)c2cc4c(cc2[B]3)oc2ccccc24)c(C)c1. The number of anilines is 5. The molecule has 0 saturated heterocycles. The van der Waals surface area contributed by atoms with E-state index in [4.69, 9.17) is 4.42 Å². The first kappa shape index (κ1) is 40.3. The maximum Gasteiger partial charge on any atom is 0.198 e. The molecule has 1 aliphatic heterocycles. The maximum absolute atomic E-state index is 6.59. The number of hydrogen-bond acceptors (Lipinski definition) is 3. The summed E-state index contributed by atoms with van der Waals surface area (Å²) < 4.78 is 6.59. The van der Waals surface area contributed by atoms with Crippen LogP contribution in [0.3, 0.4) is 0 Å². The summed E-state index contributed by atoms with van der Waals surface area (Å²) in [5, 5.41) is 6.07. The van der Waals surface area contributed by atoms with E-state index in [-0.39, 0.29) is 10.8 Å². The number of furan rings is 1. The van der Waals surface area contributed by atoms with E-state index in [1.807, 2.05) is 0 Å². The maximum atomic E-state index is 6.59. The molecule has 0 amide bonds. The Balaban J connectivity index is 1.28. The molecular formula is C59H54BN2O. The van der Waals surface area contributed by atoms with Crippen LogP contribution in [-0.2, 0) is 10.8 Å². The third-order valence-corrected chi connectivity index (χ3v) is 12.9.